The number of rotatable bonds is 5. The number of hydrogen-bond donors (Lipinski definition) is 1. The van der Waals surface area contributed by atoms with Gasteiger partial charge in [0.25, 0.3) is 0 Å². The lowest BCUT2D eigenvalue weighted by Gasteiger charge is -2.38. The molecule has 0 bridgehead atoms. The van der Waals surface area contributed by atoms with Crippen LogP contribution in [0.1, 0.15) is 7.43 Å². The maximum atomic E-state index is 12.5. The van der Waals surface area contributed by atoms with Crippen molar-refractivity contribution in [2.45, 2.75) is 12.3 Å². The second-order valence-corrected chi connectivity index (χ2v) is 10.5. The molecule has 0 unspecified atom stereocenters. The number of aromatic amines is 1. The van der Waals surface area contributed by atoms with Crippen LogP contribution in [0.2, 0.25) is 0 Å². The van der Waals surface area contributed by atoms with Gasteiger partial charge in [-0.1, -0.05) is 19.6 Å². The average molecular weight is 479 g/mol. The summed E-state index contributed by atoms with van der Waals surface area (Å²) in [7, 11) is -0.350. The van der Waals surface area contributed by atoms with Crippen LogP contribution >= 0.6 is 0 Å². The number of nitrogens with one attached hydrogen (secondary N) is 1. The number of hydrogen-bond acceptors (Lipinski definition) is 6. The van der Waals surface area contributed by atoms with E-state index in [9.17, 15) is 8.42 Å². The summed E-state index contributed by atoms with van der Waals surface area (Å²) in [4.78, 5) is 9.48. The molecule has 1 saturated heterocycles. The number of fused-ring (bicyclic) bond motifs is 1. The molecule has 0 atom stereocenters. The Morgan fingerprint density at radius 3 is 2.41 bits per heavy atom. The summed E-state index contributed by atoms with van der Waals surface area (Å²) in [6, 6.07) is 15.6. The topological polar surface area (TPSA) is 85.4 Å². The van der Waals surface area contributed by atoms with Crippen molar-refractivity contribution in [2.75, 3.05) is 50.1 Å². The van der Waals surface area contributed by atoms with E-state index in [-0.39, 0.29) is 7.43 Å². The molecular formula is C25H30N6O2S. The molecule has 34 heavy (non-hydrogen) atoms. The fourth-order valence-corrected chi connectivity index (χ4v) is 5.19. The van der Waals surface area contributed by atoms with Gasteiger partial charge in [-0.2, -0.15) is 5.10 Å². The van der Waals surface area contributed by atoms with Gasteiger partial charge in [0, 0.05) is 75.0 Å². The zero-order chi connectivity index (χ0) is 23.0. The molecule has 178 valence electrons. The monoisotopic (exact) mass is 478 g/mol. The molecule has 4 aromatic rings. The summed E-state index contributed by atoms with van der Waals surface area (Å²) in [5.74, 6) is 0. The molecular weight excluding hydrogens is 448 g/mol. The van der Waals surface area contributed by atoms with Crippen LogP contribution in [0.15, 0.2) is 72.0 Å². The van der Waals surface area contributed by atoms with Crippen molar-refractivity contribution in [1.29, 1.82) is 0 Å². The smallest absolute Gasteiger partial charge is 0.242 e. The maximum absolute atomic E-state index is 12.5. The van der Waals surface area contributed by atoms with E-state index >= 15 is 0 Å². The lowest BCUT2D eigenvalue weighted by Crippen LogP contribution is -2.46. The normalized spacial score (nSPS) is 14.4. The highest BCUT2D eigenvalue weighted by Crippen LogP contribution is 2.31. The Morgan fingerprint density at radius 1 is 0.941 bits per heavy atom. The third kappa shape index (κ3) is 4.36. The molecule has 0 amide bonds. The van der Waals surface area contributed by atoms with Gasteiger partial charge in [-0.25, -0.2) is 12.7 Å². The van der Waals surface area contributed by atoms with Crippen molar-refractivity contribution in [3.05, 3.63) is 67.1 Å². The van der Waals surface area contributed by atoms with Crippen LogP contribution < -0.4 is 9.80 Å². The predicted octanol–water partition coefficient (Wildman–Crippen LogP) is 3.84. The molecule has 0 radical (unpaired) electrons. The lowest BCUT2D eigenvalue weighted by atomic mass is 10.0. The lowest BCUT2D eigenvalue weighted by molar-refractivity contribution is 0.520. The van der Waals surface area contributed by atoms with Crippen LogP contribution in [0, 0.1) is 0 Å². The molecule has 1 N–H and O–H groups in total. The van der Waals surface area contributed by atoms with E-state index in [1.165, 1.54) is 4.31 Å². The zero-order valence-corrected chi connectivity index (χ0v) is 19.5. The fourth-order valence-electron chi connectivity index (χ4n) is 4.25. The molecule has 1 aliphatic heterocycles. The number of piperazine rings is 1. The van der Waals surface area contributed by atoms with Crippen LogP contribution in [0.5, 0.6) is 0 Å². The van der Waals surface area contributed by atoms with Gasteiger partial charge in [-0.3, -0.25) is 10.1 Å². The molecule has 1 fully saturated rings. The summed E-state index contributed by atoms with van der Waals surface area (Å²) in [6.45, 7) is 3.27. The van der Waals surface area contributed by atoms with E-state index in [2.05, 4.69) is 43.2 Å². The molecule has 2 aromatic carbocycles. The second-order valence-electron chi connectivity index (χ2n) is 8.31. The Labute approximate surface area is 200 Å². The number of aromatic nitrogens is 3. The molecule has 1 aliphatic rings. The van der Waals surface area contributed by atoms with Gasteiger partial charge in [-0.05, 0) is 42.0 Å². The molecule has 2 aromatic heterocycles. The van der Waals surface area contributed by atoms with Gasteiger partial charge in [0.05, 0.1) is 16.6 Å². The van der Waals surface area contributed by atoms with Gasteiger partial charge >= 0.3 is 0 Å². The van der Waals surface area contributed by atoms with Crippen molar-refractivity contribution in [2.24, 2.45) is 0 Å². The minimum atomic E-state index is -3.46. The standard InChI is InChI=1S/C24H26N6O2S.CH4/c1-28(2)33(31,32)21-5-3-4-20(15-21)29-10-12-30(13-11-29)24-8-9-25-23-7-6-18(14-22(23)24)19-16-26-27-17-19;/h3-9,14-17H,10-13H2,1-2H3,(H,26,27);1H4. The summed E-state index contributed by atoms with van der Waals surface area (Å²) < 4.78 is 26.3. The van der Waals surface area contributed by atoms with Crippen molar-refractivity contribution in [3.63, 3.8) is 0 Å². The van der Waals surface area contributed by atoms with Crippen LogP contribution in [0.3, 0.4) is 0 Å². The average Bonchev–Trinajstić information content (AvgIpc) is 3.38. The predicted molar refractivity (Wildman–Crippen MR) is 138 cm³/mol. The van der Waals surface area contributed by atoms with Gasteiger partial charge in [0.1, 0.15) is 0 Å². The first kappa shape index (κ1) is 23.7. The molecule has 8 nitrogen and oxygen atoms in total. The third-order valence-corrected chi connectivity index (χ3v) is 7.94. The Morgan fingerprint density at radius 2 is 1.71 bits per heavy atom. The number of sulfonamides is 1. The largest absolute Gasteiger partial charge is 0.368 e. The van der Waals surface area contributed by atoms with Crippen molar-refractivity contribution < 1.29 is 8.42 Å². The highest BCUT2D eigenvalue weighted by Gasteiger charge is 2.22. The first-order chi connectivity index (χ1) is 15.9. The third-order valence-electron chi connectivity index (χ3n) is 6.13. The zero-order valence-electron chi connectivity index (χ0n) is 18.6. The summed E-state index contributed by atoms with van der Waals surface area (Å²) in [5, 5.41) is 8.05. The SMILES string of the molecule is C.CN(C)S(=O)(=O)c1cccc(N2CCN(c3ccnc4ccc(-c5cn[nH]c5)cc34)CC2)c1. The number of anilines is 2. The number of benzene rings is 2. The van der Waals surface area contributed by atoms with Gasteiger partial charge in [0.2, 0.25) is 10.0 Å². The van der Waals surface area contributed by atoms with E-state index < -0.39 is 10.0 Å². The fraction of sp³-hybridized carbons (Fsp3) is 0.280. The molecule has 5 rings (SSSR count). The van der Waals surface area contributed by atoms with Gasteiger partial charge in [0.15, 0.2) is 0 Å². The molecule has 0 spiro atoms. The van der Waals surface area contributed by atoms with E-state index in [1.54, 1.807) is 26.2 Å². The second kappa shape index (κ2) is 9.44. The Balaban J connectivity index is 0.00000274. The number of H-pyrrole nitrogens is 1. The first-order valence-electron chi connectivity index (χ1n) is 10.8. The van der Waals surface area contributed by atoms with E-state index in [0.717, 1.165) is 59.6 Å². The van der Waals surface area contributed by atoms with Gasteiger partial charge < -0.3 is 9.80 Å². The van der Waals surface area contributed by atoms with Crippen LogP contribution in [-0.2, 0) is 10.0 Å². The van der Waals surface area contributed by atoms with Crippen LogP contribution in [-0.4, -0.2) is 68.2 Å². The molecule has 9 heteroatoms. The first-order valence-corrected chi connectivity index (χ1v) is 12.3. The summed E-state index contributed by atoms with van der Waals surface area (Å²) >= 11 is 0. The highest BCUT2D eigenvalue weighted by molar-refractivity contribution is 7.89. The molecule has 0 saturated carbocycles. The van der Waals surface area contributed by atoms with Crippen molar-refractivity contribution >= 4 is 32.3 Å². The summed E-state index contributed by atoms with van der Waals surface area (Å²) in [5.41, 5.74) is 5.20. The number of pyridine rings is 1. The van der Waals surface area contributed by atoms with E-state index in [4.69, 9.17) is 0 Å². The van der Waals surface area contributed by atoms with Crippen LogP contribution in [0.4, 0.5) is 11.4 Å². The maximum Gasteiger partial charge on any atom is 0.242 e. The van der Waals surface area contributed by atoms with Gasteiger partial charge in [-0.15, -0.1) is 0 Å². The van der Waals surface area contributed by atoms with Crippen molar-refractivity contribution in [3.8, 4) is 11.1 Å². The minimum absolute atomic E-state index is 0. The van der Waals surface area contributed by atoms with Crippen LogP contribution in [0.25, 0.3) is 22.0 Å². The summed E-state index contributed by atoms with van der Waals surface area (Å²) in [6.07, 6.45) is 5.57. The minimum Gasteiger partial charge on any atom is -0.368 e. The van der Waals surface area contributed by atoms with Crippen molar-refractivity contribution in [1.82, 2.24) is 19.5 Å². The Bertz CT molecular complexity index is 1380. The number of nitrogens with zero attached hydrogens (tertiary/aromatic N) is 5. The highest BCUT2D eigenvalue weighted by atomic mass is 32.2. The molecule has 3 heterocycles. The molecule has 0 aliphatic carbocycles. The van der Waals surface area contributed by atoms with E-state index in [1.807, 2.05) is 36.8 Å². The Kier molecular flexibility index (Phi) is 6.58. The van der Waals surface area contributed by atoms with E-state index in [0.29, 0.717) is 4.90 Å². The quantitative estimate of drug-likeness (QED) is 0.469. The Hall–Kier alpha value is -3.43.